The number of hydrogen-bond donors (Lipinski definition) is 2. The number of likely N-dealkylation sites (tertiary alicyclic amines) is 1. The second-order valence-electron chi connectivity index (χ2n) is 7.76. The quantitative estimate of drug-likeness (QED) is 0.634. The van der Waals surface area contributed by atoms with Crippen molar-refractivity contribution in [3.63, 3.8) is 0 Å². The number of nitrogens with zero attached hydrogens (tertiary/aromatic N) is 2. The number of benzene rings is 1. The normalized spacial score (nSPS) is 26.8. The summed E-state index contributed by atoms with van der Waals surface area (Å²) in [6.45, 7) is 4.20. The number of hydrogen-bond acceptors (Lipinski definition) is 6. The van der Waals surface area contributed by atoms with E-state index in [1.54, 1.807) is 0 Å². The molecule has 11 heteroatoms. The van der Waals surface area contributed by atoms with E-state index in [2.05, 4.69) is 10.6 Å². The third kappa shape index (κ3) is 3.38. The van der Waals surface area contributed by atoms with Crippen LogP contribution in [0.1, 0.15) is 24.2 Å². The summed E-state index contributed by atoms with van der Waals surface area (Å²) in [4.78, 5) is 37.4. The number of urea groups is 1. The average molecular weight is 422 g/mol. The van der Waals surface area contributed by atoms with Crippen LogP contribution in [0.3, 0.4) is 0 Å². The molecule has 0 saturated carbocycles. The molecule has 0 aromatic heterocycles. The van der Waals surface area contributed by atoms with Crippen LogP contribution in [0.2, 0.25) is 0 Å². The number of rotatable bonds is 3. The third-order valence-electron chi connectivity index (χ3n) is 5.33. The standard InChI is InChI=1S/C18H22N4O6S/c1-11-7-22(8-12(2)28-11)29(26,27)14-5-3-4-13(6-14)15(23)21-9-18(10-21)16(24)19-17(25)20-18/h3-6,11-12H,7-10H2,1-2H3,(H2,19,20,24,25). The Morgan fingerprint density at radius 1 is 1.17 bits per heavy atom. The van der Waals surface area contributed by atoms with Gasteiger partial charge in [0.2, 0.25) is 10.0 Å². The van der Waals surface area contributed by atoms with Crippen LogP contribution in [-0.2, 0) is 19.6 Å². The predicted octanol–water partition coefficient (Wildman–Crippen LogP) is -0.481. The minimum Gasteiger partial charge on any atom is -0.373 e. The minimum atomic E-state index is -3.78. The number of morpholine rings is 1. The lowest BCUT2D eigenvalue weighted by atomic mass is 9.89. The summed E-state index contributed by atoms with van der Waals surface area (Å²) in [5, 5.41) is 4.69. The monoisotopic (exact) mass is 422 g/mol. The first-order valence-electron chi connectivity index (χ1n) is 9.29. The molecule has 3 saturated heterocycles. The van der Waals surface area contributed by atoms with Gasteiger partial charge in [0.15, 0.2) is 5.54 Å². The van der Waals surface area contributed by atoms with Crippen LogP contribution in [0.15, 0.2) is 29.2 Å². The van der Waals surface area contributed by atoms with Crippen LogP contribution in [0.4, 0.5) is 4.79 Å². The van der Waals surface area contributed by atoms with Crippen LogP contribution in [0.25, 0.3) is 0 Å². The zero-order valence-electron chi connectivity index (χ0n) is 16.0. The Morgan fingerprint density at radius 3 is 2.41 bits per heavy atom. The molecule has 1 aromatic carbocycles. The number of nitrogens with one attached hydrogen (secondary N) is 2. The van der Waals surface area contributed by atoms with Gasteiger partial charge in [0.05, 0.1) is 30.2 Å². The Balaban J connectivity index is 1.51. The van der Waals surface area contributed by atoms with Crippen molar-refractivity contribution in [1.82, 2.24) is 19.8 Å². The largest absolute Gasteiger partial charge is 0.373 e. The number of carbonyl (C=O) groups excluding carboxylic acids is 3. The second kappa shape index (κ2) is 6.78. The van der Waals surface area contributed by atoms with Crippen molar-refractivity contribution in [2.24, 2.45) is 0 Å². The molecule has 10 nitrogen and oxygen atoms in total. The van der Waals surface area contributed by atoms with E-state index in [4.69, 9.17) is 4.74 Å². The van der Waals surface area contributed by atoms with Gasteiger partial charge in [-0.25, -0.2) is 13.2 Å². The number of sulfonamides is 1. The Kier molecular flexibility index (Phi) is 4.63. The molecule has 29 heavy (non-hydrogen) atoms. The van der Waals surface area contributed by atoms with Crippen molar-refractivity contribution in [2.75, 3.05) is 26.2 Å². The van der Waals surface area contributed by atoms with Gasteiger partial charge in [-0.1, -0.05) is 6.07 Å². The predicted molar refractivity (Wildman–Crippen MR) is 101 cm³/mol. The highest BCUT2D eigenvalue weighted by molar-refractivity contribution is 7.89. The summed E-state index contributed by atoms with van der Waals surface area (Å²) in [7, 11) is -3.78. The van der Waals surface area contributed by atoms with Crippen LogP contribution in [0.5, 0.6) is 0 Å². The van der Waals surface area contributed by atoms with Gasteiger partial charge in [-0.2, -0.15) is 4.31 Å². The van der Waals surface area contributed by atoms with E-state index in [1.165, 1.54) is 33.5 Å². The Labute approximate surface area is 168 Å². The van der Waals surface area contributed by atoms with Gasteiger partial charge >= 0.3 is 6.03 Å². The SMILES string of the molecule is CC1CN(S(=O)(=O)c2cccc(C(=O)N3CC4(C3)NC(=O)NC4=O)c2)CC(C)O1. The molecule has 2 N–H and O–H groups in total. The van der Waals surface area contributed by atoms with Crippen molar-refractivity contribution in [1.29, 1.82) is 0 Å². The molecule has 0 bridgehead atoms. The highest BCUT2D eigenvalue weighted by Gasteiger charge is 2.56. The summed E-state index contributed by atoms with van der Waals surface area (Å²) in [5.41, 5.74) is -0.878. The lowest BCUT2D eigenvalue weighted by molar-refractivity contribution is -0.128. The lowest BCUT2D eigenvalue weighted by Gasteiger charge is -2.45. The Hall–Kier alpha value is -2.50. The van der Waals surface area contributed by atoms with Gasteiger partial charge in [0.25, 0.3) is 11.8 Å². The zero-order valence-corrected chi connectivity index (χ0v) is 16.9. The lowest BCUT2D eigenvalue weighted by Crippen LogP contribution is -2.71. The van der Waals surface area contributed by atoms with E-state index in [1.807, 2.05) is 13.8 Å². The van der Waals surface area contributed by atoms with Crippen LogP contribution in [0, 0.1) is 0 Å². The first-order chi connectivity index (χ1) is 13.6. The molecule has 2 atom stereocenters. The number of imide groups is 1. The second-order valence-corrected chi connectivity index (χ2v) is 9.70. The Morgan fingerprint density at radius 2 is 1.83 bits per heavy atom. The molecule has 3 heterocycles. The summed E-state index contributed by atoms with van der Waals surface area (Å²) in [6, 6.07) is 5.28. The molecule has 4 rings (SSSR count). The number of ether oxygens (including phenoxy) is 1. The minimum absolute atomic E-state index is 0.0341. The molecule has 0 aliphatic carbocycles. The van der Waals surface area contributed by atoms with Crippen molar-refractivity contribution in [3.05, 3.63) is 29.8 Å². The molecular weight excluding hydrogens is 400 g/mol. The molecule has 2 unspecified atom stereocenters. The molecule has 1 aromatic rings. The van der Waals surface area contributed by atoms with Gasteiger partial charge in [-0.05, 0) is 32.0 Å². The summed E-state index contributed by atoms with van der Waals surface area (Å²) in [6.07, 6.45) is -0.438. The van der Waals surface area contributed by atoms with E-state index in [-0.39, 0.29) is 48.8 Å². The van der Waals surface area contributed by atoms with E-state index in [9.17, 15) is 22.8 Å². The fourth-order valence-corrected chi connectivity index (χ4v) is 5.58. The van der Waals surface area contributed by atoms with E-state index >= 15 is 0 Å². The molecule has 0 radical (unpaired) electrons. The van der Waals surface area contributed by atoms with E-state index in [0.717, 1.165) is 0 Å². The number of amides is 4. The molecule has 3 aliphatic heterocycles. The maximum atomic E-state index is 13.0. The van der Waals surface area contributed by atoms with Gasteiger partial charge in [0.1, 0.15) is 0 Å². The van der Waals surface area contributed by atoms with E-state index < -0.39 is 33.4 Å². The van der Waals surface area contributed by atoms with E-state index in [0.29, 0.717) is 0 Å². The Bertz CT molecular complexity index is 978. The average Bonchev–Trinajstić information content (AvgIpc) is 2.93. The number of carbonyl (C=O) groups is 3. The summed E-state index contributed by atoms with van der Waals surface area (Å²) < 4.78 is 33.0. The van der Waals surface area contributed by atoms with Crippen LogP contribution < -0.4 is 10.6 Å². The first kappa shape index (κ1) is 19.8. The van der Waals surface area contributed by atoms with Gasteiger partial charge < -0.3 is 15.0 Å². The summed E-state index contributed by atoms with van der Waals surface area (Å²) in [5.74, 6) is -0.858. The van der Waals surface area contributed by atoms with Crippen LogP contribution in [-0.4, -0.2) is 79.4 Å². The highest BCUT2D eigenvalue weighted by atomic mass is 32.2. The van der Waals surface area contributed by atoms with Crippen molar-refractivity contribution in [3.8, 4) is 0 Å². The van der Waals surface area contributed by atoms with Gasteiger partial charge in [0, 0.05) is 18.7 Å². The maximum Gasteiger partial charge on any atom is 0.322 e. The maximum absolute atomic E-state index is 13.0. The van der Waals surface area contributed by atoms with Crippen LogP contribution >= 0.6 is 0 Å². The molecular formula is C18H22N4O6S. The van der Waals surface area contributed by atoms with Gasteiger partial charge in [-0.15, -0.1) is 0 Å². The van der Waals surface area contributed by atoms with Crippen molar-refractivity contribution >= 4 is 27.9 Å². The third-order valence-corrected chi connectivity index (χ3v) is 7.16. The topological polar surface area (TPSA) is 125 Å². The molecule has 156 valence electrons. The van der Waals surface area contributed by atoms with Crippen molar-refractivity contribution in [2.45, 2.75) is 36.5 Å². The first-order valence-corrected chi connectivity index (χ1v) is 10.7. The molecule has 1 spiro atoms. The molecule has 4 amide bonds. The molecule has 3 fully saturated rings. The molecule has 3 aliphatic rings. The van der Waals surface area contributed by atoms with Gasteiger partial charge in [-0.3, -0.25) is 14.9 Å². The van der Waals surface area contributed by atoms with Crippen molar-refractivity contribution < 1.29 is 27.5 Å². The fourth-order valence-electron chi connectivity index (χ4n) is 3.95. The smallest absolute Gasteiger partial charge is 0.322 e. The zero-order chi connectivity index (χ0) is 21.0. The summed E-state index contributed by atoms with van der Waals surface area (Å²) >= 11 is 0. The highest BCUT2D eigenvalue weighted by Crippen LogP contribution is 2.27. The fraction of sp³-hybridized carbons (Fsp3) is 0.500.